The van der Waals surface area contributed by atoms with Crippen LogP contribution in [0.1, 0.15) is 11.1 Å². The van der Waals surface area contributed by atoms with Crippen molar-refractivity contribution in [3.05, 3.63) is 35.4 Å². The second-order valence-electron chi connectivity index (χ2n) is 3.29. The lowest BCUT2D eigenvalue weighted by atomic mass is 9.99. The fourth-order valence-electron chi connectivity index (χ4n) is 1.63. The van der Waals surface area contributed by atoms with Crippen LogP contribution in [0.4, 0.5) is 0 Å². The van der Waals surface area contributed by atoms with Crippen LogP contribution < -0.4 is 0 Å². The number of benzene rings is 1. The van der Waals surface area contributed by atoms with Gasteiger partial charge in [-0.05, 0) is 17.5 Å². The van der Waals surface area contributed by atoms with Gasteiger partial charge in [0, 0.05) is 13.3 Å². The Morgan fingerprint density at radius 2 is 2.31 bits per heavy atom. The molecular formula is C11H13NO. The minimum absolute atomic E-state index is 0.305. The summed E-state index contributed by atoms with van der Waals surface area (Å²) in [7, 11) is 1.72. The average molecular weight is 175 g/mol. The number of methoxy groups -OCH3 is 1. The van der Waals surface area contributed by atoms with E-state index in [1.165, 1.54) is 11.1 Å². The summed E-state index contributed by atoms with van der Waals surface area (Å²) in [6.45, 7) is 0.713. The lowest BCUT2D eigenvalue weighted by Crippen LogP contribution is -2.20. The Kier molecular flexibility index (Phi) is 2.41. The summed E-state index contributed by atoms with van der Waals surface area (Å²) in [6, 6.07) is 8.67. The molecule has 0 radical (unpaired) electrons. The molecule has 0 bridgehead atoms. The first-order chi connectivity index (χ1) is 6.40. The van der Waals surface area contributed by atoms with Gasteiger partial charge in [-0.25, -0.2) is 0 Å². The maximum absolute atomic E-state index is 5.08. The van der Waals surface area contributed by atoms with Crippen molar-refractivity contribution in [3.63, 3.8) is 0 Å². The van der Waals surface area contributed by atoms with Gasteiger partial charge in [-0.15, -0.1) is 0 Å². The highest BCUT2D eigenvalue weighted by Gasteiger charge is 2.13. The van der Waals surface area contributed by atoms with Gasteiger partial charge in [0.05, 0.1) is 12.6 Å². The highest BCUT2D eigenvalue weighted by atomic mass is 16.5. The summed E-state index contributed by atoms with van der Waals surface area (Å²) in [5.74, 6) is 0. The van der Waals surface area contributed by atoms with Crippen molar-refractivity contribution in [2.75, 3.05) is 13.7 Å². The van der Waals surface area contributed by atoms with Gasteiger partial charge in [0.15, 0.2) is 0 Å². The predicted octanol–water partition coefficient (Wildman–Crippen LogP) is 1.68. The first-order valence-corrected chi connectivity index (χ1v) is 4.50. The molecule has 0 N–H and O–H groups in total. The maximum atomic E-state index is 5.08. The molecule has 0 unspecified atom stereocenters. The van der Waals surface area contributed by atoms with Crippen LogP contribution in [0.15, 0.2) is 29.3 Å². The van der Waals surface area contributed by atoms with Gasteiger partial charge >= 0.3 is 0 Å². The largest absolute Gasteiger partial charge is 0.382 e. The van der Waals surface area contributed by atoms with Gasteiger partial charge in [0.2, 0.25) is 0 Å². The molecule has 2 heteroatoms. The molecule has 0 saturated heterocycles. The van der Waals surface area contributed by atoms with E-state index in [4.69, 9.17) is 4.74 Å². The SMILES string of the molecule is COC[C@@H]1Cc2ccccc2C=N1. The minimum atomic E-state index is 0.305. The van der Waals surface area contributed by atoms with Crippen molar-refractivity contribution in [3.8, 4) is 0 Å². The summed E-state index contributed by atoms with van der Waals surface area (Å²) in [6.07, 6.45) is 2.95. The van der Waals surface area contributed by atoms with E-state index in [9.17, 15) is 0 Å². The van der Waals surface area contributed by atoms with Crippen molar-refractivity contribution >= 4 is 6.21 Å². The monoisotopic (exact) mass is 175 g/mol. The lowest BCUT2D eigenvalue weighted by Gasteiger charge is -2.17. The van der Waals surface area contributed by atoms with E-state index in [1.807, 2.05) is 12.3 Å². The second kappa shape index (κ2) is 3.71. The standard InChI is InChI=1S/C11H13NO/c1-13-8-11-6-9-4-2-3-5-10(9)7-12-11/h2-5,7,11H,6,8H2,1H3/t11-/m0/s1. The number of hydrogen-bond acceptors (Lipinski definition) is 2. The van der Waals surface area contributed by atoms with Gasteiger partial charge in [-0.2, -0.15) is 0 Å². The highest BCUT2D eigenvalue weighted by molar-refractivity contribution is 5.83. The Morgan fingerprint density at radius 3 is 3.15 bits per heavy atom. The first kappa shape index (κ1) is 8.45. The van der Waals surface area contributed by atoms with Crippen LogP contribution in [0.25, 0.3) is 0 Å². The van der Waals surface area contributed by atoms with Crippen molar-refractivity contribution in [2.45, 2.75) is 12.5 Å². The molecule has 2 rings (SSSR count). The predicted molar refractivity (Wildman–Crippen MR) is 53.4 cm³/mol. The molecule has 0 saturated carbocycles. The smallest absolute Gasteiger partial charge is 0.0773 e. The Morgan fingerprint density at radius 1 is 1.46 bits per heavy atom. The molecular weight excluding hydrogens is 162 g/mol. The highest BCUT2D eigenvalue weighted by Crippen LogP contribution is 2.15. The molecule has 1 heterocycles. The number of hydrogen-bond donors (Lipinski definition) is 0. The number of rotatable bonds is 2. The van der Waals surface area contributed by atoms with Crippen molar-refractivity contribution < 1.29 is 4.74 Å². The zero-order chi connectivity index (χ0) is 9.10. The summed E-state index contributed by atoms with van der Waals surface area (Å²) in [5, 5.41) is 0. The average Bonchev–Trinajstić information content (AvgIpc) is 2.18. The number of aliphatic imine (C=N–C) groups is 1. The minimum Gasteiger partial charge on any atom is -0.382 e. The Hall–Kier alpha value is -1.15. The zero-order valence-electron chi connectivity index (χ0n) is 7.73. The van der Waals surface area contributed by atoms with Crippen LogP contribution in [0.2, 0.25) is 0 Å². The van der Waals surface area contributed by atoms with E-state index in [2.05, 4.69) is 23.2 Å². The van der Waals surface area contributed by atoms with Crippen molar-refractivity contribution in [1.29, 1.82) is 0 Å². The molecule has 2 nitrogen and oxygen atoms in total. The molecule has 1 aliphatic rings. The fourth-order valence-corrected chi connectivity index (χ4v) is 1.63. The van der Waals surface area contributed by atoms with E-state index in [1.54, 1.807) is 7.11 Å². The molecule has 1 aromatic carbocycles. The number of nitrogens with zero attached hydrogens (tertiary/aromatic N) is 1. The molecule has 0 aromatic heterocycles. The van der Waals surface area contributed by atoms with E-state index in [0.29, 0.717) is 12.6 Å². The molecule has 0 amide bonds. The zero-order valence-corrected chi connectivity index (χ0v) is 7.73. The van der Waals surface area contributed by atoms with Crippen LogP contribution >= 0.6 is 0 Å². The third kappa shape index (κ3) is 1.78. The molecule has 1 aromatic rings. The van der Waals surface area contributed by atoms with Crippen molar-refractivity contribution in [1.82, 2.24) is 0 Å². The molecule has 0 fully saturated rings. The maximum Gasteiger partial charge on any atom is 0.0773 e. The molecule has 0 aliphatic carbocycles. The van der Waals surface area contributed by atoms with Gasteiger partial charge in [-0.3, -0.25) is 4.99 Å². The third-order valence-corrected chi connectivity index (χ3v) is 2.29. The van der Waals surface area contributed by atoms with Crippen LogP contribution in [-0.4, -0.2) is 26.0 Å². The van der Waals surface area contributed by atoms with Crippen molar-refractivity contribution in [2.24, 2.45) is 4.99 Å². The summed E-state index contributed by atoms with van der Waals surface area (Å²) >= 11 is 0. The molecule has 13 heavy (non-hydrogen) atoms. The summed E-state index contributed by atoms with van der Waals surface area (Å²) in [4.78, 5) is 4.41. The van der Waals surface area contributed by atoms with Gasteiger partial charge in [0.25, 0.3) is 0 Å². The van der Waals surface area contributed by atoms with Crippen LogP contribution in [0.5, 0.6) is 0 Å². The quantitative estimate of drug-likeness (QED) is 0.670. The van der Waals surface area contributed by atoms with E-state index in [-0.39, 0.29) is 0 Å². The van der Waals surface area contributed by atoms with Crippen LogP contribution in [-0.2, 0) is 11.2 Å². The lowest BCUT2D eigenvalue weighted by molar-refractivity contribution is 0.180. The first-order valence-electron chi connectivity index (χ1n) is 4.50. The van der Waals surface area contributed by atoms with E-state index < -0.39 is 0 Å². The molecule has 0 spiro atoms. The van der Waals surface area contributed by atoms with Crippen LogP contribution in [0, 0.1) is 0 Å². The second-order valence-corrected chi connectivity index (χ2v) is 3.29. The Labute approximate surface area is 78.3 Å². The normalized spacial score (nSPS) is 19.9. The number of ether oxygens (including phenoxy) is 1. The van der Waals surface area contributed by atoms with Gasteiger partial charge < -0.3 is 4.74 Å². The summed E-state index contributed by atoms with van der Waals surface area (Å²) < 4.78 is 5.08. The van der Waals surface area contributed by atoms with Crippen LogP contribution in [0.3, 0.4) is 0 Å². The van der Waals surface area contributed by atoms with E-state index >= 15 is 0 Å². The van der Waals surface area contributed by atoms with E-state index in [0.717, 1.165) is 6.42 Å². The molecule has 1 atom stereocenters. The Balaban J connectivity index is 2.19. The number of fused-ring (bicyclic) bond motifs is 1. The molecule has 68 valence electrons. The Bertz CT molecular complexity index is 320. The van der Waals surface area contributed by atoms with Gasteiger partial charge in [-0.1, -0.05) is 24.3 Å². The topological polar surface area (TPSA) is 21.6 Å². The third-order valence-electron chi connectivity index (χ3n) is 2.29. The molecule has 1 aliphatic heterocycles. The fraction of sp³-hybridized carbons (Fsp3) is 0.364. The summed E-state index contributed by atoms with van der Waals surface area (Å²) in [5.41, 5.74) is 2.62. The van der Waals surface area contributed by atoms with Gasteiger partial charge in [0.1, 0.15) is 0 Å².